The van der Waals surface area contributed by atoms with Gasteiger partial charge in [-0.25, -0.2) is 4.90 Å². The minimum atomic E-state index is -0.415. The number of rotatable bonds is 6. The summed E-state index contributed by atoms with van der Waals surface area (Å²) in [7, 11) is 1.53. The number of hydrogen-bond acceptors (Lipinski definition) is 6. The van der Waals surface area contributed by atoms with Crippen LogP contribution in [0.1, 0.15) is 25.3 Å². The fraction of sp³-hybridized carbons (Fsp3) is 0.320. The zero-order chi connectivity index (χ0) is 23.5. The molecule has 2 aliphatic heterocycles. The molecule has 172 valence electrons. The lowest BCUT2D eigenvalue weighted by Crippen LogP contribution is -2.40. The number of nitrogens with zero attached hydrogens (tertiary/aromatic N) is 2. The molecular weight excluding hydrogens is 422 g/mol. The molecule has 2 aromatic rings. The molecule has 8 nitrogen and oxygen atoms in total. The maximum atomic E-state index is 13.7. The zero-order valence-electron chi connectivity index (χ0n) is 18.7. The summed E-state index contributed by atoms with van der Waals surface area (Å²) in [6, 6.07) is 13.7. The van der Waals surface area contributed by atoms with E-state index in [2.05, 4.69) is 5.32 Å². The number of nitrogens with one attached hydrogen (secondary N) is 1. The minimum Gasteiger partial charge on any atom is -0.497 e. The van der Waals surface area contributed by atoms with Crippen molar-refractivity contribution in [2.75, 3.05) is 37.0 Å². The van der Waals surface area contributed by atoms with E-state index in [-0.39, 0.29) is 18.4 Å². The molecule has 2 N–H and O–H groups in total. The molecule has 3 amide bonds. The molecule has 0 spiro atoms. The van der Waals surface area contributed by atoms with Gasteiger partial charge >= 0.3 is 0 Å². The van der Waals surface area contributed by atoms with E-state index in [0.717, 1.165) is 12.8 Å². The number of hydrogen-bond donors (Lipinski definition) is 2. The highest BCUT2D eigenvalue weighted by Crippen LogP contribution is 2.37. The van der Waals surface area contributed by atoms with Crippen LogP contribution in [0, 0.1) is 5.92 Å². The van der Waals surface area contributed by atoms with Crippen LogP contribution in [-0.4, -0.2) is 54.5 Å². The van der Waals surface area contributed by atoms with E-state index >= 15 is 0 Å². The average molecular weight is 450 g/mol. The van der Waals surface area contributed by atoms with Crippen molar-refractivity contribution in [1.82, 2.24) is 4.90 Å². The smallest absolute Gasteiger partial charge is 0.282 e. The van der Waals surface area contributed by atoms with Gasteiger partial charge in [0.25, 0.3) is 11.8 Å². The molecule has 4 rings (SSSR count). The molecule has 8 heteroatoms. The lowest BCUT2D eigenvalue weighted by molar-refractivity contribution is -0.121. The predicted octanol–water partition coefficient (Wildman–Crippen LogP) is 2.64. The summed E-state index contributed by atoms with van der Waals surface area (Å²) in [6.45, 7) is 2.59. The second-order valence-electron chi connectivity index (χ2n) is 8.27. The maximum absolute atomic E-state index is 13.7. The highest BCUT2D eigenvalue weighted by atomic mass is 16.5. The number of anilines is 2. The van der Waals surface area contributed by atoms with Gasteiger partial charge in [-0.15, -0.1) is 0 Å². The Balaban J connectivity index is 1.78. The van der Waals surface area contributed by atoms with Gasteiger partial charge in [-0.2, -0.15) is 0 Å². The van der Waals surface area contributed by atoms with Crippen molar-refractivity contribution in [2.45, 2.75) is 19.8 Å². The molecule has 1 atom stereocenters. The Morgan fingerprint density at radius 2 is 1.91 bits per heavy atom. The Hall–Kier alpha value is -3.65. The summed E-state index contributed by atoms with van der Waals surface area (Å²) in [5.74, 6) is -0.415. The van der Waals surface area contributed by atoms with Gasteiger partial charge in [0.15, 0.2) is 0 Å². The molecule has 0 radical (unpaired) electrons. The SMILES string of the molecule is COc1cccc(N2C(=O)C(c3ccc(NC(C)=O)cc3)=C(N3CCCC(CO)C3)C2=O)c1. The zero-order valence-corrected chi connectivity index (χ0v) is 18.7. The maximum Gasteiger partial charge on any atom is 0.282 e. The first kappa shape index (κ1) is 22.5. The van der Waals surface area contributed by atoms with Crippen LogP contribution < -0.4 is 15.0 Å². The summed E-state index contributed by atoms with van der Waals surface area (Å²) < 4.78 is 5.28. The predicted molar refractivity (Wildman–Crippen MR) is 125 cm³/mol. The van der Waals surface area contributed by atoms with Crippen molar-refractivity contribution in [3.05, 3.63) is 59.8 Å². The molecule has 0 saturated carbocycles. The van der Waals surface area contributed by atoms with Gasteiger partial charge in [-0.1, -0.05) is 18.2 Å². The van der Waals surface area contributed by atoms with Gasteiger partial charge in [0.2, 0.25) is 5.91 Å². The topological polar surface area (TPSA) is 99.2 Å². The lowest BCUT2D eigenvalue weighted by Gasteiger charge is -2.34. The fourth-order valence-electron chi connectivity index (χ4n) is 4.40. The third-order valence-corrected chi connectivity index (χ3v) is 5.96. The number of ether oxygens (including phenoxy) is 1. The van der Waals surface area contributed by atoms with Crippen molar-refractivity contribution in [3.63, 3.8) is 0 Å². The van der Waals surface area contributed by atoms with Crippen LogP contribution in [0.3, 0.4) is 0 Å². The van der Waals surface area contributed by atoms with E-state index in [1.165, 1.54) is 18.9 Å². The van der Waals surface area contributed by atoms with Crippen LogP contribution in [-0.2, 0) is 14.4 Å². The first-order valence-corrected chi connectivity index (χ1v) is 10.9. The number of likely N-dealkylation sites (tertiary alicyclic amines) is 1. The molecule has 33 heavy (non-hydrogen) atoms. The van der Waals surface area contributed by atoms with E-state index in [0.29, 0.717) is 47.0 Å². The Bertz CT molecular complexity index is 1110. The standard InChI is InChI=1S/C25H27N3O5/c1-16(30)26-19-10-8-18(9-11-19)22-23(27-12-4-5-17(14-27)15-29)25(32)28(24(22)31)20-6-3-7-21(13-20)33-2/h3,6-11,13,17,29H,4-5,12,14-15H2,1-2H3,(H,26,30). The van der Waals surface area contributed by atoms with Gasteiger partial charge in [-0.05, 0) is 48.6 Å². The minimum absolute atomic E-state index is 0.0340. The van der Waals surface area contributed by atoms with Crippen molar-refractivity contribution < 1.29 is 24.2 Å². The van der Waals surface area contributed by atoms with Crippen LogP contribution >= 0.6 is 0 Å². The molecule has 0 aliphatic carbocycles. The monoisotopic (exact) mass is 449 g/mol. The number of carbonyl (C=O) groups is 3. The van der Waals surface area contributed by atoms with E-state index < -0.39 is 11.8 Å². The van der Waals surface area contributed by atoms with Gasteiger partial charge in [0.05, 0.1) is 18.4 Å². The second kappa shape index (κ2) is 9.46. The number of carbonyl (C=O) groups excluding carboxylic acids is 3. The van der Waals surface area contributed by atoms with Crippen molar-refractivity contribution in [2.24, 2.45) is 5.92 Å². The van der Waals surface area contributed by atoms with Gasteiger partial charge in [-0.3, -0.25) is 14.4 Å². The highest BCUT2D eigenvalue weighted by Gasteiger charge is 2.43. The van der Waals surface area contributed by atoms with Crippen LogP contribution in [0.25, 0.3) is 5.57 Å². The molecule has 0 aromatic heterocycles. The van der Waals surface area contributed by atoms with Crippen LogP contribution in [0.5, 0.6) is 5.75 Å². The molecule has 2 aromatic carbocycles. The van der Waals surface area contributed by atoms with Crippen LogP contribution in [0.15, 0.2) is 54.2 Å². The number of imide groups is 1. The molecule has 0 bridgehead atoms. The lowest BCUT2D eigenvalue weighted by atomic mass is 9.97. The summed E-state index contributed by atoms with van der Waals surface area (Å²) >= 11 is 0. The van der Waals surface area contributed by atoms with Crippen molar-refractivity contribution in [1.29, 1.82) is 0 Å². The fourth-order valence-corrected chi connectivity index (χ4v) is 4.40. The van der Waals surface area contributed by atoms with E-state index in [9.17, 15) is 19.5 Å². The first-order valence-electron chi connectivity index (χ1n) is 10.9. The number of benzene rings is 2. The third-order valence-electron chi connectivity index (χ3n) is 5.96. The third kappa shape index (κ3) is 4.47. The van der Waals surface area contributed by atoms with E-state index in [1.807, 2.05) is 4.90 Å². The largest absolute Gasteiger partial charge is 0.497 e. The number of aliphatic hydroxyl groups excluding tert-OH is 1. The number of aliphatic hydroxyl groups is 1. The van der Waals surface area contributed by atoms with Crippen molar-refractivity contribution in [3.8, 4) is 5.75 Å². The van der Waals surface area contributed by atoms with Crippen molar-refractivity contribution >= 4 is 34.7 Å². The molecule has 2 heterocycles. The van der Waals surface area contributed by atoms with Crippen LogP contribution in [0.2, 0.25) is 0 Å². The molecule has 1 saturated heterocycles. The Kier molecular flexibility index (Phi) is 6.46. The van der Waals surface area contributed by atoms with E-state index in [1.54, 1.807) is 48.5 Å². The normalized spacial score (nSPS) is 18.7. The number of amides is 3. The summed E-state index contributed by atoms with van der Waals surface area (Å²) in [6.07, 6.45) is 1.70. The summed E-state index contributed by atoms with van der Waals surface area (Å²) in [5, 5.41) is 12.4. The average Bonchev–Trinajstić information content (AvgIpc) is 3.09. The summed E-state index contributed by atoms with van der Waals surface area (Å²) in [5.41, 5.74) is 2.29. The highest BCUT2D eigenvalue weighted by molar-refractivity contribution is 6.45. The van der Waals surface area contributed by atoms with Crippen LogP contribution in [0.4, 0.5) is 11.4 Å². The number of piperidine rings is 1. The Morgan fingerprint density at radius 1 is 1.15 bits per heavy atom. The van der Waals surface area contributed by atoms with E-state index in [4.69, 9.17) is 4.74 Å². The molecular formula is C25H27N3O5. The molecule has 1 unspecified atom stereocenters. The number of methoxy groups -OCH3 is 1. The van der Waals surface area contributed by atoms with Gasteiger partial charge in [0.1, 0.15) is 11.4 Å². The Morgan fingerprint density at radius 3 is 2.58 bits per heavy atom. The molecule has 2 aliphatic rings. The van der Waals surface area contributed by atoms with Gasteiger partial charge < -0.3 is 20.1 Å². The summed E-state index contributed by atoms with van der Waals surface area (Å²) in [4.78, 5) is 41.7. The Labute approximate surface area is 192 Å². The first-order chi connectivity index (χ1) is 15.9. The van der Waals surface area contributed by atoms with Gasteiger partial charge in [0, 0.05) is 38.4 Å². The second-order valence-corrected chi connectivity index (χ2v) is 8.27. The quantitative estimate of drug-likeness (QED) is 0.658. The molecule has 1 fully saturated rings.